The molecule has 5 rings (SSSR count). The number of amides is 4. The Morgan fingerprint density at radius 2 is 1.58 bits per heavy atom. The van der Waals surface area contributed by atoms with Gasteiger partial charge >= 0.3 is 6.03 Å². The van der Waals surface area contributed by atoms with E-state index in [2.05, 4.69) is 10.2 Å². The van der Waals surface area contributed by atoms with E-state index in [1.807, 2.05) is 61.5 Å². The SMILES string of the molecule is Cc1ccc(NC(=O)N2CCC3(CC2)C(=O)N(CC(=O)N2CCOCC2)CN3c2ccccc2)cc1. The monoisotopic (exact) mass is 491 g/mol. The molecule has 3 aliphatic heterocycles. The van der Waals surface area contributed by atoms with Crippen molar-refractivity contribution < 1.29 is 19.1 Å². The largest absolute Gasteiger partial charge is 0.378 e. The maximum Gasteiger partial charge on any atom is 0.321 e. The quantitative estimate of drug-likeness (QED) is 0.711. The summed E-state index contributed by atoms with van der Waals surface area (Å²) < 4.78 is 5.36. The zero-order valence-corrected chi connectivity index (χ0v) is 20.7. The summed E-state index contributed by atoms with van der Waals surface area (Å²) in [6, 6.07) is 17.4. The van der Waals surface area contributed by atoms with Gasteiger partial charge in [-0.1, -0.05) is 35.9 Å². The Hall–Kier alpha value is -3.59. The Balaban J connectivity index is 1.30. The number of nitrogens with one attached hydrogen (secondary N) is 1. The lowest BCUT2D eigenvalue weighted by atomic mass is 9.85. The summed E-state index contributed by atoms with van der Waals surface area (Å²) in [5.74, 6) is -0.0850. The highest BCUT2D eigenvalue weighted by Gasteiger charge is 2.54. The van der Waals surface area contributed by atoms with Crippen LogP contribution in [0.2, 0.25) is 0 Å². The number of benzene rings is 2. The second-order valence-electron chi connectivity index (χ2n) is 9.72. The minimum Gasteiger partial charge on any atom is -0.378 e. The van der Waals surface area contributed by atoms with Crippen LogP contribution in [0.4, 0.5) is 16.2 Å². The predicted molar refractivity (Wildman–Crippen MR) is 137 cm³/mol. The van der Waals surface area contributed by atoms with E-state index in [0.717, 1.165) is 16.9 Å². The first kappa shape index (κ1) is 24.1. The van der Waals surface area contributed by atoms with Crippen molar-refractivity contribution in [2.45, 2.75) is 25.3 Å². The lowest BCUT2D eigenvalue weighted by molar-refractivity contribution is -0.143. The Bertz CT molecular complexity index is 1090. The van der Waals surface area contributed by atoms with E-state index in [9.17, 15) is 14.4 Å². The summed E-state index contributed by atoms with van der Waals surface area (Å²) in [5.41, 5.74) is 2.06. The molecule has 0 saturated carbocycles. The average molecular weight is 492 g/mol. The van der Waals surface area contributed by atoms with Gasteiger partial charge in [0.05, 0.1) is 19.9 Å². The molecule has 0 unspecified atom stereocenters. The Labute approximate surface area is 211 Å². The molecule has 1 spiro atoms. The highest BCUT2D eigenvalue weighted by Crippen LogP contribution is 2.39. The lowest BCUT2D eigenvalue weighted by Gasteiger charge is -2.43. The maximum atomic E-state index is 13.9. The molecule has 0 bridgehead atoms. The maximum absolute atomic E-state index is 13.9. The van der Waals surface area contributed by atoms with Crippen molar-refractivity contribution >= 4 is 29.2 Å². The molecule has 0 aromatic heterocycles. The third kappa shape index (κ3) is 4.75. The van der Waals surface area contributed by atoms with Crippen molar-refractivity contribution in [1.82, 2.24) is 14.7 Å². The number of rotatable bonds is 4. The zero-order valence-electron chi connectivity index (χ0n) is 20.7. The minimum atomic E-state index is -0.771. The van der Waals surface area contributed by atoms with E-state index in [4.69, 9.17) is 4.74 Å². The molecule has 190 valence electrons. The van der Waals surface area contributed by atoms with Crippen LogP contribution in [0.3, 0.4) is 0 Å². The molecule has 0 aliphatic carbocycles. The van der Waals surface area contributed by atoms with Gasteiger partial charge in [-0.3, -0.25) is 9.59 Å². The van der Waals surface area contributed by atoms with Gasteiger partial charge in [0.2, 0.25) is 5.91 Å². The van der Waals surface area contributed by atoms with E-state index in [1.165, 1.54) is 0 Å². The first-order valence-corrected chi connectivity index (χ1v) is 12.6. The van der Waals surface area contributed by atoms with Crippen LogP contribution in [-0.4, -0.2) is 90.7 Å². The molecule has 0 radical (unpaired) electrons. The number of anilines is 2. The highest BCUT2D eigenvalue weighted by molar-refractivity contribution is 5.97. The smallest absolute Gasteiger partial charge is 0.321 e. The van der Waals surface area contributed by atoms with Crippen LogP contribution in [0.15, 0.2) is 54.6 Å². The van der Waals surface area contributed by atoms with Gasteiger partial charge in [-0.15, -0.1) is 0 Å². The minimum absolute atomic E-state index is 0.0356. The van der Waals surface area contributed by atoms with Gasteiger partial charge in [0, 0.05) is 37.6 Å². The van der Waals surface area contributed by atoms with E-state index < -0.39 is 5.54 Å². The molecule has 36 heavy (non-hydrogen) atoms. The third-order valence-electron chi connectivity index (χ3n) is 7.45. The summed E-state index contributed by atoms with van der Waals surface area (Å²) in [6.07, 6.45) is 1.01. The van der Waals surface area contributed by atoms with E-state index >= 15 is 0 Å². The number of hydrogen-bond acceptors (Lipinski definition) is 5. The molecule has 2 aromatic carbocycles. The second-order valence-corrected chi connectivity index (χ2v) is 9.72. The normalized spacial score (nSPS) is 19.6. The molecule has 9 heteroatoms. The van der Waals surface area contributed by atoms with Crippen LogP contribution in [0, 0.1) is 6.92 Å². The summed E-state index contributed by atoms with van der Waals surface area (Å²) in [7, 11) is 0. The number of nitrogens with zero attached hydrogens (tertiary/aromatic N) is 4. The van der Waals surface area contributed by atoms with Crippen molar-refractivity contribution in [2.24, 2.45) is 0 Å². The van der Waals surface area contributed by atoms with Gasteiger partial charge in [0.25, 0.3) is 5.91 Å². The second kappa shape index (κ2) is 10.2. The van der Waals surface area contributed by atoms with Gasteiger partial charge in [-0.25, -0.2) is 4.79 Å². The highest BCUT2D eigenvalue weighted by atomic mass is 16.5. The number of morpholine rings is 1. The fourth-order valence-electron chi connectivity index (χ4n) is 5.32. The molecular formula is C27H33N5O4. The van der Waals surface area contributed by atoms with Crippen LogP contribution in [-0.2, 0) is 14.3 Å². The molecule has 4 amide bonds. The topological polar surface area (TPSA) is 85.4 Å². The van der Waals surface area contributed by atoms with Crippen molar-refractivity contribution in [3.63, 3.8) is 0 Å². The van der Waals surface area contributed by atoms with E-state index in [0.29, 0.717) is 58.9 Å². The van der Waals surface area contributed by atoms with Crippen LogP contribution < -0.4 is 10.2 Å². The zero-order chi connectivity index (χ0) is 25.1. The number of hydrogen-bond donors (Lipinski definition) is 1. The molecular weight excluding hydrogens is 458 g/mol. The summed E-state index contributed by atoms with van der Waals surface area (Å²) >= 11 is 0. The summed E-state index contributed by atoms with van der Waals surface area (Å²) in [6.45, 7) is 5.50. The molecule has 3 aliphatic rings. The van der Waals surface area contributed by atoms with Gasteiger partial charge in [-0.2, -0.15) is 0 Å². The third-order valence-corrected chi connectivity index (χ3v) is 7.45. The average Bonchev–Trinajstić information content (AvgIpc) is 3.17. The molecule has 3 heterocycles. The molecule has 2 aromatic rings. The van der Waals surface area contributed by atoms with Crippen LogP contribution >= 0.6 is 0 Å². The van der Waals surface area contributed by atoms with Gasteiger partial charge in [-0.05, 0) is 44.0 Å². The number of carbonyl (C=O) groups is 3. The van der Waals surface area contributed by atoms with Gasteiger partial charge in [0.1, 0.15) is 12.1 Å². The number of aryl methyl sites for hydroxylation is 1. The van der Waals surface area contributed by atoms with Crippen LogP contribution in [0.25, 0.3) is 0 Å². The number of urea groups is 1. The predicted octanol–water partition coefficient (Wildman–Crippen LogP) is 2.53. The van der Waals surface area contributed by atoms with Crippen molar-refractivity contribution in [1.29, 1.82) is 0 Å². The number of carbonyl (C=O) groups excluding carboxylic acids is 3. The first-order valence-electron chi connectivity index (χ1n) is 12.6. The molecule has 1 N–H and O–H groups in total. The van der Waals surface area contributed by atoms with Crippen molar-refractivity contribution in [3.8, 4) is 0 Å². The Morgan fingerprint density at radius 1 is 0.917 bits per heavy atom. The van der Waals surface area contributed by atoms with E-state index in [1.54, 1.807) is 14.7 Å². The molecule has 3 saturated heterocycles. The summed E-state index contributed by atoms with van der Waals surface area (Å²) in [5, 5.41) is 2.96. The fraction of sp³-hybridized carbons (Fsp3) is 0.444. The first-order chi connectivity index (χ1) is 17.5. The summed E-state index contributed by atoms with van der Waals surface area (Å²) in [4.78, 5) is 47.1. The number of ether oxygens (including phenoxy) is 1. The Kier molecular flexibility index (Phi) is 6.82. The van der Waals surface area contributed by atoms with Crippen molar-refractivity contribution in [2.75, 3.05) is 62.8 Å². The molecule has 0 atom stereocenters. The molecule has 9 nitrogen and oxygen atoms in total. The standard InChI is InChI=1S/C27H33N5O4/c1-21-7-9-22(10-8-21)28-26(35)30-13-11-27(12-14-30)25(34)31(19-24(33)29-15-17-36-18-16-29)20-32(27)23-5-3-2-4-6-23/h2-10H,11-20H2,1H3,(H,28,35). The van der Waals surface area contributed by atoms with Crippen molar-refractivity contribution in [3.05, 3.63) is 60.2 Å². The molecule has 3 fully saturated rings. The van der Waals surface area contributed by atoms with E-state index in [-0.39, 0.29) is 24.4 Å². The number of likely N-dealkylation sites (tertiary alicyclic amines) is 1. The lowest BCUT2D eigenvalue weighted by Crippen LogP contribution is -2.58. The van der Waals surface area contributed by atoms with Gasteiger partial charge in [0.15, 0.2) is 0 Å². The van der Waals surface area contributed by atoms with Gasteiger partial charge < -0.3 is 29.7 Å². The number of piperidine rings is 1. The van der Waals surface area contributed by atoms with Crippen LogP contribution in [0.1, 0.15) is 18.4 Å². The number of para-hydroxylation sites is 1. The Morgan fingerprint density at radius 3 is 2.25 bits per heavy atom. The fourth-order valence-corrected chi connectivity index (χ4v) is 5.32. The van der Waals surface area contributed by atoms with Crippen LogP contribution in [0.5, 0.6) is 0 Å².